The minimum Gasteiger partial charge on any atom is -0.507 e. The van der Waals surface area contributed by atoms with Crippen LogP contribution in [0.1, 0.15) is 15.9 Å². The van der Waals surface area contributed by atoms with Crippen LogP contribution in [-0.4, -0.2) is 31.7 Å². The predicted molar refractivity (Wildman–Crippen MR) is 119 cm³/mol. The quantitative estimate of drug-likeness (QED) is 0.292. The van der Waals surface area contributed by atoms with Gasteiger partial charge in [0.15, 0.2) is 10.6 Å². The van der Waals surface area contributed by atoms with Gasteiger partial charge in [-0.25, -0.2) is 0 Å². The van der Waals surface area contributed by atoms with E-state index in [-0.39, 0.29) is 22.6 Å². The molecule has 0 fully saturated rings. The maximum absolute atomic E-state index is 12.5. The molecule has 1 aromatic heterocycles. The smallest absolute Gasteiger partial charge is 0.273 e. The van der Waals surface area contributed by atoms with Crippen molar-refractivity contribution in [3.63, 3.8) is 0 Å². The Bertz CT molecular complexity index is 1340. The van der Waals surface area contributed by atoms with Crippen LogP contribution < -0.4 is 10.9 Å². The Labute approximate surface area is 182 Å². The largest absolute Gasteiger partial charge is 0.507 e. The molecule has 8 nitrogen and oxygen atoms in total. The number of nitrogens with zero attached hydrogens (tertiary/aromatic N) is 2. The number of carbonyl (C=O) groups is 2. The van der Waals surface area contributed by atoms with Crippen LogP contribution >= 0.6 is 12.2 Å². The van der Waals surface area contributed by atoms with Gasteiger partial charge in [-0.05, 0) is 42.0 Å². The van der Waals surface area contributed by atoms with E-state index in [1.54, 1.807) is 6.07 Å². The minimum absolute atomic E-state index is 0.0549. The van der Waals surface area contributed by atoms with Crippen LogP contribution in [0.25, 0.3) is 22.2 Å². The molecule has 156 valence electrons. The molecule has 4 rings (SSSR count). The zero-order chi connectivity index (χ0) is 22.0. The first kappa shape index (κ1) is 20.3. The van der Waals surface area contributed by atoms with Gasteiger partial charge in [0, 0.05) is 5.56 Å². The number of aromatic amines is 1. The van der Waals surface area contributed by atoms with Gasteiger partial charge in [-0.1, -0.05) is 54.1 Å². The normalized spacial score (nSPS) is 10.7. The fourth-order valence-corrected chi connectivity index (χ4v) is 3.37. The molecule has 4 aromatic rings. The number of hydrogen-bond acceptors (Lipinski definition) is 5. The molecule has 0 spiro atoms. The van der Waals surface area contributed by atoms with Crippen molar-refractivity contribution in [1.29, 1.82) is 0 Å². The molecule has 0 aliphatic heterocycles. The molecule has 0 unspecified atom stereocenters. The van der Waals surface area contributed by atoms with Crippen molar-refractivity contribution in [3.8, 4) is 17.1 Å². The van der Waals surface area contributed by atoms with Crippen molar-refractivity contribution in [2.75, 3.05) is 0 Å². The van der Waals surface area contributed by atoms with Crippen LogP contribution in [0, 0.1) is 11.7 Å². The number of benzene rings is 3. The van der Waals surface area contributed by atoms with Gasteiger partial charge in [-0.2, -0.15) is 5.10 Å². The highest BCUT2D eigenvalue weighted by Gasteiger charge is 2.15. The topological polar surface area (TPSA) is 112 Å². The number of aromatic nitrogens is 3. The molecule has 0 aliphatic carbocycles. The van der Waals surface area contributed by atoms with E-state index in [4.69, 9.17) is 12.2 Å². The highest BCUT2D eigenvalue weighted by molar-refractivity contribution is 7.71. The molecule has 31 heavy (non-hydrogen) atoms. The number of carbonyl (C=O) groups excluding carboxylic acids is 2. The third-order valence-corrected chi connectivity index (χ3v) is 5.11. The van der Waals surface area contributed by atoms with Gasteiger partial charge in [0.2, 0.25) is 0 Å². The van der Waals surface area contributed by atoms with Crippen LogP contribution in [0.3, 0.4) is 0 Å². The summed E-state index contributed by atoms with van der Waals surface area (Å²) in [6.45, 7) is 1.83. The average molecular weight is 433 g/mol. The van der Waals surface area contributed by atoms with E-state index in [1.165, 1.54) is 10.6 Å². The van der Waals surface area contributed by atoms with Crippen molar-refractivity contribution < 1.29 is 14.7 Å². The number of nitrogens with one attached hydrogen (secondary N) is 3. The van der Waals surface area contributed by atoms with Crippen LogP contribution in [0.4, 0.5) is 0 Å². The molecule has 1 heterocycles. The summed E-state index contributed by atoms with van der Waals surface area (Å²) in [6.07, 6.45) is 0. The highest BCUT2D eigenvalue weighted by atomic mass is 32.1. The first-order chi connectivity index (χ1) is 14.9. The van der Waals surface area contributed by atoms with Crippen molar-refractivity contribution in [2.45, 2.75) is 13.5 Å². The SMILES string of the molecule is Cc1ccc(-c2n[nH]c(=S)n2CC(=O)NNC(=O)c2cc3ccccc3cc2O)cc1. The first-order valence-electron chi connectivity index (χ1n) is 9.45. The van der Waals surface area contributed by atoms with Gasteiger partial charge in [-0.15, -0.1) is 0 Å². The van der Waals surface area contributed by atoms with Gasteiger partial charge in [0.05, 0.1) is 5.56 Å². The number of aromatic hydroxyl groups is 1. The van der Waals surface area contributed by atoms with E-state index >= 15 is 0 Å². The first-order valence-corrected chi connectivity index (χ1v) is 9.86. The summed E-state index contributed by atoms with van der Waals surface area (Å²) in [4.78, 5) is 24.9. The molecule has 0 bridgehead atoms. The molecule has 3 aromatic carbocycles. The molecule has 0 radical (unpaired) electrons. The van der Waals surface area contributed by atoms with E-state index in [1.807, 2.05) is 55.5 Å². The molecule has 4 N–H and O–H groups in total. The van der Waals surface area contributed by atoms with Crippen LogP contribution in [-0.2, 0) is 11.3 Å². The summed E-state index contributed by atoms with van der Waals surface area (Å²) in [7, 11) is 0. The van der Waals surface area contributed by atoms with Crippen molar-refractivity contribution in [1.82, 2.24) is 25.6 Å². The fourth-order valence-electron chi connectivity index (χ4n) is 3.17. The van der Waals surface area contributed by atoms with Gasteiger partial charge >= 0.3 is 0 Å². The minimum atomic E-state index is -0.633. The van der Waals surface area contributed by atoms with Crippen LogP contribution in [0.5, 0.6) is 5.75 Å². The van der Waals surface area contributed by atoms with E-state index < -0.39 is 11.8 Å². The third kappa shape index (κ3) is 4.31. The lowest BCUT2D eigenvalue weighted by atomic mass is 10.1. The second-order valence-electron chi connectivity index (χ2n) is 7.02. The van der Waals surface area contributed by atoms with Crippen molar-refractivity contribution >= 4 is 34.8 Å². The monoisotopic (exact) mass is 433 g/mol. The number of amides is 2. The summed E-state index contributed by atoms with van der Waals surface area (Å²) in [5.41, 5.74) is 6.63. The molecule has 9 heteroatoms. The van der Waals surface area contributed by atoms with Crippen LogP contribution in [0.2, 0.25) is 0 Å². The number of phenols is 1. The van der Waals surface area contributed by atoms with Gasteiger partial charge < -0.3 is 5.11 Å². The number of hydrogen-bond donors (Lipinski definition) is 4. The molecular formula is C22H19N5O3S. The number of fused-ring (bicyclic) bond motifs is 1. The zero-order valence-electron chi connectivity index (χ0n) is 16.5. The van der Waals surface area contributed by atoms with E-state index in [2.05, 4.69) is 21.0 Å². The van der Waals surface area contributed by atoms with E-state index in [0.29, 0.717) is 5.82 Å². The van der Waals surface area contributed by atoms with Crippen molar-refractivity contribution in [3.05, 3.63) is 76.6 Å². The summed E-state index contributed by atoms with van der Waals surface area (Å²) >= 11 is 5.24. The lowest BCUT2D eigenvalue weighted by Gasteiger charge is -2.11. The van der Waals surface area contributed by atoms with Gasteiger partial charge in [0.1, 0.15) is 12.3 Å². The maximum atomic E-state index is 12.5. The van der Waals surface area contributed by atoms with Crippen molar-refractivity contribution in [2.24, 2.45) is 0 Å². The molecule has 0 saturated heterocycles. The molecule has 0 atom stereocenters. The summed E-state index contributed by atoms with van der Waals surface area (Å²) < 4.78 is 1.82. The lowest BCUT2D eigenvalue weighted by Crippen LogP contribution is -2.43. The van der Waals surface area contributed by atoms with Gasteiger partial charge in [-0.3, -0.25) is 30.1 Å². The Kier molecular flexibility index (Phi) is 5.50. The third-order valence-electron chi connectivity index (χ3n) is 4.79. The van der Waals surface area contributed by atoms with E-state index in [0.717, 1.165) is 21.9 Å². The number of phenolic OH excluding ortho intramolecular Hbond substituents is 1. The number of hydrazine groups is 1. The number of aryl methyl sites for hydroxylation is 1. The summed E-state index contributed by atoms with van der Waals surface area (Å²) in [6, 6.07) is 18.1. The Morgan fingerprint density at radius 1 is 1.06 bits per heavy atom. The van der Waals surface area contributed by atoms with E-state index in [9.17, 15) is 14.7 Å². The Hall–Kier alpha value is -3.98. The maximum Gasteiger partial charge on any atom is 0.273 e. The number of H-pyrrole nitrogens is 1. The standard InChI is InChI=1S/C22H19N5O3S/c1-13-6-8-14(9-7-13)20-24-26-22(31)27(20)12-19(29)23-25-21(30)17-10-15-4-2-3-5-16(15)11-18(17)28/h2-11,28H,12H2,1H3,(H,23,29)(H,25,30)(H,26,31). The van der Waals surface area contributed by atoms with Crippen LogP contribution in [0.15, 0.2) is 60.7 Å². The Balaban J connectivity index is 1.46. The molecule has 0 saturated carbocycles. The molecular weight excluding hydrogens is 414 g/mol. The predicted octanol–water partition coefficient (Wildman–Crippen LogP) is 3.24. The second kappa shape index (κ2) is 8.41. The zero-order valence-corrected chi connectivity index (χ0v) is 17.4. The molecule has 2 amide bonds. The average Bonchev–Trinajstić information content (AvgIpc) is 3.12. The second-order valence-corrected chi connectivity index (χ2v) is 7.41. The van der Waals surface area contributed by atoms with Gasteiger partial charge in [0.25, 0.3) is 11.8 Å². The lowest BCUT2D eigenvalue weighted by molar-refractivity contribution is -0.122. The Morgan fingerprint density at radius 2 is 1.74 bits per heavy atom. The molecule has 0 aliphatic rings. The summed E-state index contributed by atoms with van der Waals surface area (Å²) in [5, 5.41) is 18.6. The summed E-state index contributed by atoms with van der Waals surface area (Å²) in [5.74, 6) is -0.798. The highest BCUT2D eigenvalue weighted by Crippen LogP contribution is 2.24. The fraction of sp³-hybridized carbons (Fsp3) is 0.0909. The Morgan fingerprint density at radius 3 is 2.45 bits per heavy atom. The number of rotatable bonds is 4.